The Hall–Kier alpha value is -4.64. The van der Waals surface area contributed by atoms with E-state index in [9.17, 15) is 38.6 Å². The topological polar surface area (TPSA) is 210 Å². The normalized spacial score (nSPS) is 19.2. The van der Waals surface area contributed by atoms with Crippen LogP contribution in [0.3, 0.4) is 0 Å². The van der Waals surface area contributed by atoms with Gasteiger partial charge in [0.15, 0.2) is 23.2 Å². The number of phosphoric acid groups is 1. The summed E-state index contributed by atoms with van der Waals surface area (Å²) in [7, 11) is -5.10. The van der Waals surface area contributed by atoms with Crippen LogP contribution in [0.25, 0.3) is 11.0 Å². The Balaban J connectivity index is 1.18. The van der Waals surface area contributed by atoms with Crippen LogP contribution in [0.4, 0.5) is 25.1 Å². The summed E-state index contributed by atoms with van der Waals surface area (Å²) in [6, 6.07) is 4.52. The Morgan fingerprint density at radius 2 is 1.86 bits per heavy atom. The quantitative estimate of drug-likeness (QED) is 0.212. The third kappa shape index (κ3) is 7.36. The fraction of sp³-hybridized carbons (Fsp3) is 0.433. The van der Waals surface area contributed by atoms with Crippen molar-refractivity contribution in [3.05, 3.63) is 57.9 Å². The number of piperidine rings is 1. The Kier molecular flexibility index (Phi) is 9.08. The number of carboxylic acids is 1. The highest BCUT2D eigenvalue weighted by molar-refractivity contribution is 7.46. The number of carbonyl (C=O) groups is 3. The van der Waals surface area contributed by atoms with E-state index in [1.54, 1.807) is 4.57 Å². The van der Waals surface area contributed by atoms with E-state index in [0.29, 0.717) is 0 Å². The van der Waals surface area contributed by atoms with Gasteiger partial charge >= 0.3 is 19.9 Å². The first kappa shape index (κ1) is 34.2. The van der Waals surface area contributed by atoms with Gasteiger partial charge in [0, 0.05) is 38.3 Å². The molecule has 6 rings (SSSR count). The van der Waals surface area contributed by atoms with Gasteiger partial charge in [-0.2, -0.15) is 0 Å². The average molecular weight is 708 g/mol. The number of benzene rings is 1. The molecule has 0 bridgehead atoms. The number of halogens is 2. The van der Waals surface area contributed by atoms with Gasteiger partial charge in [0.05, 0.1) is 24.2 Å². The Labute approximate surface area is 276 Å². The van der Waals surface area contributed by atoms with Crippen LogP contribution >= 0.6 is 7.82 Å². The third-order valence-electron chi connectivity index (χ3n) is 8.57. The number of ether oxygens (including phenoxy) is 2. The molecule has 1 unspecified atom stereocenters. The molecule has 1 saturated carbocycles. The third-order valence-corrected chi connectivity index (χ3v) is 9.19. The van der Waals surface area contributed by atoms with Crippen molar-refractivity contribution in [2.45, 2.75) is 50.4 Å². The van der Waals surface area contributed by atoms with Gasteiger partial charge in [-0.3, -0.25) is 19.0 Å². The molecule has 2 aromatic heterocycles. The number of carboxylic acid groups (broad SMARTS) is 1. The van der Waals surface area contributed by atoms with Gasteiger partial charge in [0.25, 0.3) is 0 Å². The highest BCUT2D eigenvalue weighted by Crippen LogP contribution is 2.46. The second-order valence-electron chi connectivity index (χ2n) is 12.2. The van der Waals surface area contributed by atoms with Crippen molar-refractivity contribution in [1.29, 1.82) is 0 Å². The molecule has 0 spiro atoms. The van der Waals surface area contributed by atoms with Crippen LogP contribution in [-0.4, -0.2) is 86.9 Å². The van der Waals surface area contributed by atoms with Gasteiger partial charge in [-0.1, -0.05) is 0 Å². The maximum atomic E-state index is 15.4. The number of cyclic esters (lactones) is 1. The molecule has 1 aliphatic carbocycles. The second-order valence-corrected chi connectivity index (χ2v) is 13.4. The number of nitrogens with one attached hydrogen (secondary N) is 1. The van der Waals surface area contributed by atoms with Gasteiger partial charge in [-0.15, -0.1) is 0 Å². The van der Waals surface area contributed by atoms with Crippen molar-refractivity contribution in [2.24, 2.45) is 0 Å². The number of aromatic nitrogens is 2. The molecule has 4 N–H and O–H groups in total. The molecular weight excluding hydrogens is 675 g/mol. The fourth-order valence-electron chi connectivity index (χ4n) is 5.96. The van der Waals surface area contributed by atoms with E-state index in [-0.39, 0.29) is 79.3 Å². The molecule has 1 atom stereocenters. The Bertz CT molecular complexity index is 1940. The van der Waals surface area contributed by atoms with Gasteiger partial charge in [-0.05, 0) is 43.9 Å². The van der Waals surface area contributed by atoms with Crippen molar-refractivity contribution in [1.82, 2.24) is 14.9 Å². The van der Waals surface area contributed by atoms with Crippen molar-refractivity contribution < 1.29 is 56.6 Å². The van der Waals surface area contributed by atoms with Crippen LogP contribution < -0.4 is 25.3 Å². The molecule has 2 aliphatic heterocycles. The second kappa shape index (κ2) is 13.0. The maximum Gasteiger partial charge on any atom is 0.470 e. The molecule has 16 nitrogen and oxygen atoms in total. The lowest BCUT2D eigenvalue weighted by Crippen LogP contribution is -2.49. The van der Waals surface area contributed by atoms with E-state index < -0.39 is 60.8 Å². The number of anilines is 2. The van der Waals surface area contributed by atoms with Gasteiger partial charge in [0.1, 0.15) is 29.5 Å². The molecule has 19 heteroatoms. The van der Waals surface area contributed by atoms with E-state index in [2.05, 4.69) is 10.3 Å². The molecule has 1 aromatic carbocycles. The summed E-state index contributed by atoms with van der Waals surface area (Å²) in [6.07, 6.45) is 1.07. The molecule has 3 aliphatic rings. The SMILES string of the molecule is CC(=O)NCC1CN(c2ccc(OCC3(OP(=O)(O)O)CCN(c4nc5c(cc4F)c(=O)c(C(=O)O)cn5C4CC4)CC3)c(F)c2)C(=O)O1. The van der Waals surface area contributed by atoms with Crippen LogP contribution in [0.1, 0.15) is 49.0 Å². The number of fused-ring (bicyclic) bond motifs is 1. The monoisotopic (exact) mass is 707 g/mol. The molecule has 3 fully saturated rings. The number of nitrogens with zero attached hydrogens (tertiary/aromatic N) is 4. The molecule has 49 heavy (non-hydrogen) atoms. The molecule has 0 radical (unpaired) electrons. The molecule has 262 valence electrons. The molecular formula is C30H32F2N5O11P. The highest BCUT2D eigenvalue weighted by atomic mass is 31.2. The zero-order chi connectivity index (χ0) is 35.2. The number of amides is 2. The lowest BCUT2D eigenvalue weighted by atomic mass is 9.92. The highest BCUT2D eigenvalue weighted by Gasteiger charge is 2.43. The number of hydrogen-bond donors (Lipinski definition) is 4. The van der Waals surface area contributed by atoms with E-state index >= 15 is 8.78 Å². The first-order chi connectivity index (χ1) is 23.1. The van der Waals surface area contributed by atoms with E-state index in [1.807, 2.05) is 0 Å². The minimum absolute atomic E-state index is 0.0300. The lowest BCUT2D eigenvalue weighted by molar-refractivity contribution is -0.119. The minimum Gasteiger partial charge on any atom is -0.487 e. The van der Waals surface area contributed by atoms with Crippen LogP contribution in [0.15, 0.2) is 35.3 Å². The summed E-state index contributed by atoms with van der Waals surface area (Å²) < 4.78 is 60.2. The molecule has 3 aromatic rings. The number of pyridine rings is 2. The van der Waals surface area contributed by atoms with E-state index in [4.69, 9.17) is 14.0 Å². The van der Waals surface area contributed by atoms with Crippen molar-refractivity contribution >= 4 is 48.3 Å². The first-order valence-electron chi connectivity index (χ1n) is 15.3. The number of aromatic carboxylic acids is 1. The number of phosphoric ester groups is 1. The van der Waals surface area contributed by atoms with Gasteiger partial charge in [0.2, 0.25) is 11.3 Å². The van der Waals surface area contributed by atoms with Crippen molar-refractivity contribution in [3.8, 4) is 5.75 Å². The maximum absolute atomic E-state index is 15.4. The zero-order valence-electron chi connectivity index (χ0n) is 26.0. The minimum atomic E-state index is -5.10. The average Bonchev–Trinajstić information content (AvgIpc) is 3.80. The van der Waals surface area contributed by atoms with Gasteiger partial charge < -0.3 is 39.2 Å². The predicted octanol–water partition coefficient (Wildman–Crippen LogP) is 2.70. The lowest BCUT2D eigenvalue weighted by Gasteiger charge is -2.41. The largest absolute Gasteiger partial charge is 0.487 e. The van der Waals surface area contributed by atoms with E-state index in [0.717, 1.165) is 25.0 Å². The summed E-state index contributed by atoms with van der Waals surface area (Å²) in [6.45, 7) is 0.898. The summed E-state index contributed by atoms with van der Waals surface area (Å²) in [5.74, 6) is -3.94. The number of carbonyl (C=O) groups excluding carboxylic acids is 2. The van der Waals surface area contributed by atoms with Crippen molar-refractivity contribution in [2.75, 3.05) is 42.6 Å². The summed E-state index contributed by atoms with van der Waals surface area (Å²) >= 11 is 0. The smallest absolute Gasteiger partial charge is 0.470 e. The fourth-order valence-corrected chi connectivity index (χ4v) is 6.70. The molecule has 2 saturated heterocycles. The van der Waals surface area contributed by atoms with Crippen molar-refractivity contribution in [3.63, 3.8) is 0 Å². The van der Waals surface area contributed by atoms with Crippen LogP contribution in [-0.2, 0) is 18.6 Å². The number of hydrogen-bond acceptors (Lipinski definition) is 10. The van der Waals surface area contributed by atoms with Crippen LogP contribution in [0, 0.1) is 11.6 Å². The van der Waals surface area contributed by atoms with Gasteiger partial charge in [-0.25, -0.2) is 27.9 Å². The Morgan fingerprint density at radius 3 is 2.47 bits per heavy atom. The summed E-state index contributed by atoms with van der Waals surface area (Å²) in [5, 5.41) is 11.8. The van der Waals surface area contributed by atoms with E-state index in [1.165, 1.54) is 35.1 Å². The first-order valence-corrected chi connectivity index (χ1v) is 16.8. The van der Waals surface area contributed by atoms with Crippen LogP contribution in [0.2, 0.25) is 0 Å². The molecule has 4 heterocycles. The molecule has 2 amide bonds. The predicted molar refractivity (Wildman–Crippen MR) is 167 cm³/mol. The summed E-state index contributed by atoms with van der Waals surface area (Å²) in [5.41, 5.74) is -2.72. The summed E-state index contributed by atoms with van der Waals surface area (Å²) in [4.78, 5) is 74.5. The van der Waals surface area contributed by atoms with Crippen LogP contribution in [0.5, 0.6) is 5.75 Å². The Morgan fingerprint density at radius 1 is 1.14 bits per heavy atom. The zero-order valence-corrected chi connectivity index (χ0v) is 26.9. The number of rotatable bonds is 11. The standard InChI is InChI=1S/C30H32F2N5O11P/c1-16(38)33-12-19-13-37(29(42)47-19)18-4-5-24(22(31)10-18)46-15-30(48-49(43,44)45)6-8-35(9-7-30)27-23(32)11-20-25(39)21(28(40)41)14-36(17-2-3-17)26(20)34-27/h4-5,10-11,14,17,19H,2-3,6-9,12-13,15H2,1H3,(H,33,38)(H,40,41)(H2,43,44,45).